The number of hydrogen-bond donors (Lipinski definition) is 1. The second-order valence-corrected chi connectivity index (χ2v) is 1.86. The first-order valence-corrected chi connectivity index (χ1v) is 3.90. The molecule has 0 radical (unpaired) electrons. The van der Waals surface area contributed by atoms with Crippen LogP contribution in [0.2, 0.25) is 0 Å². The molecule has 0 rings (SSSR count). The lowest BCUT2D eigenvalue weighted by Gasteiger charge is -2.07. The molecular formula is C8H19NO. The number of hydrogen-bond acceptors (Lipinski definition) is 2. The van der Waals surface area contributed by atoms with E-state index < -0.39 is 0 Å². The lowest BCUT2D eigenvalue weighted by Crippen LogP contribution is -2.31. The lowest BCUT2D eigenvalue weighted by molar-refractivity contribution is -0.118. The highest BCUT2D eigenvalue weighted by Crippen LogP contribution is 1.88. The lowest BCUT2D eigenvalue weighted by atomic mass is 10.1. The van der Waals surface area contributed by atoms with Gasteiger partial charge in [0.2, 0.25) is 0 Å². The molecule has 0 aliphatic carbocycles. The van der Waals surface area contributed by atoms with Crippen molar-refractivity contribution in [1.82, 2.24) is 5.32 Å². The molecule has 10 heavy (non-hydrogen) atoms. The Morgan fingerprint density at radius 1 is 1.50 bits per heavy atom. The van der Waals surface area contributed by atoms with Gasteiger partial charge in [-0.3, -0.25) is 4.79 Å². The van der Waals surface area contributed by atoms with Crippen molar-refractivity contribution in [3.63, 3.8) is 0 Å². The third kappa shape index (κ3) is 5.76. The summed E-state index contributed by atoms with van der Waals surface area (Å²) in [7, 11) is 1.80. The Hall–Kier alpha value is -0.370. The zero-order valence-electron chi connectivity index (χ0n) is 7.69. The largest absolute Gasteiger partial charge is 0.311 e. The fraction of sp³-hybridized carbons (Fsp3) is 0.875. The Bertz CT molecular complexity index is 77.3. The van der Waals surface area contributed by atoms with Crippen LogP contribution in [0.5, 0.6) is 0 Å². The Labute approximate surface area is 64.0 Å². The molecule has 0 saturated carbocycles. The normalized spacial score (nSPS) is 11.3. The molecule has 1 N–H and O–H groups in total. The van der Waals surface area contributed by atoms with E-state index in [1.807, 2.05) is 20.8 Å². The van der Waals surface area contributed by atoms with Crippen LogP contribution < -0.4 is 5.32 Å². The molecule has 0 aromatic rings. The fourth-order valence-corrected chi connectivity index (χ4v) is 0.695. The molecule has 0 aromatic heterocycles. The smallest absolute Gasteiger partial charge is 0.146 e. The van der Waals surface area contributed by atoms with E-state index in [4.69, 9.17) is 0 Å². The Balaban J connectivity index is 0. The highest BCUT2D eigenvalue weighted by atomic mass is 16.1. The maximum absolute atomic E-state index is 10.5. The molecule has 0 aromatic carbocycles. The molecule has 0 saturated heterocycles. The van der Waals surface area contributed by atoms with Crippen LogP contribution in [0.1, 0.15) is 34.1 Å². The van der Waals surface area contributed by atoms with Crippen molar-refractivity contribution < 1.29 is 4.79 Å². The van der Waals surface area contributed by atoms with Gasteiger partial charge in [-0.25, -0.2) is 0 Å². The second kappa shape index (κ2) is 8.63. The predicted octanol–water partition coefficient (Wildman–Crippen LogP) is 1.60. The van der Waals surface area contributed by atoms with Gasteiger partial charge in [-0.1, -0.05) is 20.8 Å². The molecule has 0 aliphatic heterocycles. The van der Waals surface area contributed by atoms with Gasteiger partial charge in [-0.15, -0.1) is 0 Å². The van der Waals surface area contributed by atoms with Crippen LogP contribution in [0.15, 0.2) is 0 Å². The number of carbonyl (C=O) groups is 1. The molecule has 0 spiro atoms. The molecule has 2 heteroatoms. The first kappa shape index (κ1) is 12.3. The van der Waals surface area contributed by atoms with Crippen LogP contribution in [0.4, 0.5) is 0 Å². The van der Waals surface area contributed by atoms with Gasteiger partial charge in [0, 0.05) is 0 Å². The fourth-order valence-electron chi connectivity index (χ4n) is 0.695. The standard InChI is InChI=1S/C6H13NO.C2H6/c1-4-6(7-3)5(2)8;1-2/h6-7H,4H2,1-3H3;1-2H3. The first-order valence-electron chi connectivity index (χ1n) is 3.90. The van der Waals surface area contributed by atoms with E-state index in [1.165, 1.54) is 0 Å². The molecule has 0 aliphatic rings. The summed E-state index contributed by atoms with van der Waals surface area (Å²) >= 11 is 0. The van der Waals surface area contributed by atoms with Crippen LogP contribution in [-0.4, -0.2) is 18.9 Å². The average Bonchev–Trinajstić information content (AvgIpc) is 1.94. The molecule has 0 bridgehead atoms. The first-order chi connectivity index (χ1) is 4.72. The van der Waals surface area contributed by atoms with E-state index in [0.29, 0.717) is 0 Å². The van der Waals surface area contributed by atoms with Crippen molar-refractivity contribution in [2.24, 2.45) is 0 Å². The third-order valence-electron chi connectivity index (χ3n) is 1.25. The molecule has 0 heterocycles. The summed E-state index contributed by atoms with van der Waals surface area (Å²) in [5.41, 5.74) is 0. The number of nitrogens with one attached hydrogen (secondary N) is 1. The van der Waals surface area contributed by atoms with Crippen molar-refractivity contribution in [2.75, 3.05) is 7.05 Å². The van der Waals surface area contributed by atoms with Gasteiger partial charge in [0.15, 0.2) is 0 Å². The van der Waals surface area contributed by atoms with E-state index in [-0.39, 0.29) is 11.8 Å². The maximum atomic E-state index is 10.5. The van der Waals surface area contributed by atoms with Gasteiger partial charge in [0.05, 0.1) is 6.04 Å². The van der Waals surface area contributed by atoms with Crippen molar-refractivity contribution >= 4 is 5.78 Å². The van der Waals surface area contributed by atoms with Gasteiger partial charge in [0.1, 0.15) is 5.78 Å². The summed E-state index contributed by atoms with van der Waals surface area (Å²) in [6, 6.07) is 0.0648. The number of rotatable bonds is 3. The number of carbonyl (C=O) groups excluding carboxylic acids is 1. The average molecular weight is 145 g/mol. The van der Waals surface area contributed by atoms with Gasteiger partial charge in [0.25, 0.3) is 0 Å². The molecule has 2 nitrogen and oxygen atoms in total. The molecule has 0 amide bonds. The monoisotopic (exact) mass is 145 g/mol. The van der Waals surface area contributed by atoms with Crippen molar-refractivity contribution in [3.05, 3.63) is 0 Å². The highest BCUT2D eigenvalue weighted by molar-refractivity contribution is 5.81. The van der Waals surface area contributed by atoms with Crippen molar-refractivity contribution in [1.29, 1.82) is 0 Å². The minimum absolute atomic E-state index is 0.0648. The molecule has 0 fully saturated rings. The number of ketones is 1. The summed E-state index contributed by atoms with van der Waals surface area (Å²) in [6.07, 6.45) is 0.881. The maximum Gasteiger partial charge on any atom is 0.146 e. The number of likely N-dealkylation sites (N-methyl/N-ethyl adjacent to an activating group) is 1. The van der Waals surface area contributed by atoms with Gasteiger partial charge in [-0.05, 0) is 20.4 Å². The minimum atomic E-state index is 0.0648. The van der Waals surface area contributed by atoms with Gasteiger partial charge < -0.3 is 5.32 Å². The van der Waals surface area contributed by atoms with Crippen LogP contribution >= 0.6 is 0 Å². The Morgan fingerprint density at radius 2 is 1.90 bits per heavy atom. The van der Waals surface area contributed by atoms with Crippen LogP contribution in [0.25, 0.3) is 0 Å². The SMILES string of the molecule is CC.CCC(NC)C(C)=O. The van der Waals surface area contributed by atoms with Crippen molar-refractivity contribution in [3.8, 4) is 0 Å². The summed E-state index contributed by atoms with van der Waals surface area (Å²) in [6.45, 7) is 7.59. The van der Waals surface area contributed by atoms with Crippen molar-refractivity contribution in [2.45, 2.75) is 40.2 Å². The summed E-state index contributed by atoms with van der Waals surface area (Å²) in [5, 5.41) is 2.90. The highest BCUT2D eigenvalue weighted by Gasteiger charge is 2.05. The third-order valence-corrected chi connectivity index (χ3v) is 1.25. The zero-order chi connectivity index (χ0) is 8.57. The van der Waals surface area contributed by atoms with Crippen LogP contribution in [0, 0.1) is 0 Å². The molecule has 1 atom stereocenters. The summed E-state index contributed by atoms with van der Waals surface area (Å²) in [4.78, 5) is 10.5. The second-order valence-electron chi connectivity index (χ2n) is 1.86. The predicted molar refractivity (Wildman–Crippen MR) is 45.2 cm³/mol. The van der Waals surface area contributed by atoms with Crippen LogP contribution in [-0.2, 0) is 4.79 Å². The quantitative estimate of drug-likeness (QED) is 0.653. The summed E-state index contributed by atoms with van der Waals surface area (Å²) < 4.78 is 0. The van der Waals surface area contributed by atoms with E-state index in [1.54, 1.807) is 14.0 Å². The van der Waals surface area contributed by atoms with E-state index in [0.717, 1.165) is 6.42 Å². The number of Topliss-reactive ketones (excluding diaryl/α,β-unsaturated/α-hetero) is 1. The Morgan fingerprint density at radius 3 is 1.90 bits per heavy atom. The minimum Gasteiger partial charge on any atom is -0.311 e. The summed E-state index contributed by atoms with van der Waals surface area (Å²) in [5.74, 6) is 0.218. The van der Waals surface area contributed by atoms with E-state index >= 15 is 0 Å². The van der Waals surface area contributed by atoms with Gasteiger partial charge >= 0.3 is 0 Å². The van der Waals surface area contributed by atoms with E-state index in [2.05, 4.69) is 5.32 Å². The molecular weight excluding hydrogens is 126 g/mol. The van der Waals surface area contributed by atoms with Gasteiger partial charge in [-0.2, -0.15) is 0 Å². The topological polar surface area (TPSA) is 29.1 Å². The Kier molecular flexibility index (Phi) is 10.6. The zero-order valence-corrected chi connectivity index (χ0v) is 7.69. The van der Waals surface area contributed by atoms with Crippen LogP contribution in [0.3, 0.4) is 0 Å². The molecule has 1 unspecified atom stereocenters. The van der Waals surface area contributed by atoms with E-state index in [9.17, 15) is 4.79 Å². The molecule has 62 valence electrons.